The Balaban J connectivity index is 0.000000161. The molecule has 3 aliphatic heterocycles. The van der Waals surface area contributed by atoms with Gasteiger partial charge in [-0.05, 0) is 113 Å². The molecule has 9 aliphatic carbocycles. The van der Waals surface area contributed by atoms with Gasteiger partial charge in [0.2, 0.25) is 0 Å². The second-order valence-corrected chi connectivity index (χ2v) is 39.2. The van der Waals surface area contributed by atoms with Crippen LogP contribution in [0.5, 0.6) is 0 Å². The summed E-state index contributed by atoms with van der Waals surface area (Å²) in [6, 6.07) is 24.8. The third-order valence-corrected chi connectivity index (χ3v) is 31.9. The zero-order valence-corrected chi connectivity index (χ0v) is 74.9. The van der Waals surface area contributed by atoms with Crippen molar-refractivity contribution in [3.8, 4) is 0 Å². The first-order valence-corrected chi connectivity index (χ1v) is 43.5. The third kappa shape index (κ3) is 14.1. The number of aliphatic hydroxyl groups excluding tert-OH is 4. The molecule has 15 rings (SSSR count). The number of ketones is 3. The summed E-state index contributed by atoms with van der Waals surface area (Å²) in [4.78, 5) is 149. The fourth-order valence-electron chi connectivity index (χ4n) is 25.0. The molecule has 125 heavy (non-hydrogen) atoms. The molecule has 3 aromatic rings. The van der Waals surface area contributed by atoms with Crippen molar-refractivity contribution >= 4 is 65.1 Å². The number of carbonyl (C=O) groups is 11. The minimum atomic E-state index is -2.07. The predicted octanol–water partition coefficient (Wildman–Crippen LogP) is 8.99. The number of Topliss-reactive ketones (excluding diaryl/α,β-unsaturated/α-hetero) is 3. The van der Waals surface area contributed by atoms with Crippen LogP contribution < -0.4 is 0 Å². The van der Waals surface area contributed by atoms with Crippen LogP contribution in [0, 0.1) is 68.0 Å². The van der Waals surface area contributed by atoms with Crippen molar-refractivity contribution in [2.24, 2.45) is 68.0 Å². The molecule has 27 atom stereocenters. The average molecular weight is 1740 g/mol. The molecule has 0 spiro atoms. The summed E-state index contributed by atoms with van der Waals surface area (Å²) in [6.45, 7) is 32.9. The van der Waals surface area contributed by atoms with Crippen LogP contribution in [0.15, 0.2) is 124 Å². The van der Waals surface area contributed by atoms with Crippen LogP contribution in [0.3, 0.4) is 0 Å². The largest absolute Gasteiger partial charge is 0.461 e. The first-order valence-electron chi connectivity index (χ1n) is 43.5. The monoisotopic (exact) mass is 1740 g/mol. The molecule has 29 nitrogen and oxygen atoms in total. The number of aliphatic hydroxyl groups is 7. The van der Waals surface area contributed by atoms with Crippen molar-refractivity contribution in [3.05, 3.63) is 141 Å². The molecule has 6 bridgehead atoms. The number of allylic oxidation sites excluding steroid dienone is 1. The van der Waals surface area contributed by atoms with Gasteiger partial charge in [-0.25, -0.2) is 14.4 Å². The molecule has 29 heteroatoms. The maximum Gasteiger partial charge on any atom is 0.338 e. The Morgan fingerprint density at radius 1 is 0.400 bits per heavy atom. The minimum absolute atomic E-state index is 0.0548. The van der Waals surface area contributed by atoms with Gasteiger partial charge in [-0.15, -0.1) is 0 Å². The van der Waals surface area contributed by atoms with Gasteiger partial charge in [-0.2, -0.15) is 0 Å². The van der Waals surface area contributed by atoms with Crippen LogP contribution in [0.25, 0.3) is 0 Å². The van der Waals surface area contributed by atoms with E-state index in [1.54, 1.807) is 155 Å². The second kappa shape index (κ2) is 32.8. The van der Waals surface area contributed by atoms with E-state index in [1.807, 2.05) is 34.6 Å². The summed E-state index contributed by atoms with van der Waals surface area (Å²) < 4.78 is 66.5. The predicted molar refractivity (Wildman–Crippen MR) is 443 cm³/mol. The summed E-state index contributed by atoms with van der Waals surface area (Å²) in [7, 11) is 0. The number of benzene rings is 3. The quantitative estimate of drug-likeness (QED) is 0.0476. The van der Waals surface area contributed by atoms with Gasteiger partial charge in [0.25, 0.3) is 0 Å². The number of rotatable bonds is 13. The van der Waals surface area contributed by atoms with Gasteiger partial charge in [0.05, 0.1) is 88.8 Å². The van der Waals surface area contributed by atoms with Crippen LogP contribution in [0.4, 0.5) is 0 Å². The van der Waals surface area contributed by atoms with Crippen molar-refractivity contribution in [2.75, 3.05) is 19.8 Å². The molecule has 3 heterocycles. The molecule has 680 valence electrons. The number of ether oxygens (including phenoxy) is 11. The maximum absolute atomic E-state index is 15.1. The van der Waals surface area contributed by atoms with Gasteiger partial charge < -0.3 is 87.9 Å². The zero-order chi connectivity index (χ0) is 92.1. The van der Waals surface area contributed by atoms with Crippen molar-refractivity contribution in [2.45, 2.75) is 297 Å². The molecule has 6 saturated carbocycles. The molecular weight excluding hydrogens is 1620 g/mol. The van der Waals surface area contributed by atoms with Crippen LogP contribution in [0.1, 0.15) is 221 Å². The topological polar surface area (TPSA) is 431 Å². The first kappa shape index (κ1) is 93.9. The van der Waals surface area contributed by atoms with Crippen molar-refractivity contribution in [1.29, 1.82) is 0 Å². The number of hydrogen-bond acceptors (Lipinski definition) is 29. The highest BCUT2D eigenvalue weighted by atomic mass is 16.7. The maximum atomic E-state index is 15.1. The Morgan fingerprint density at radius 3 is 1.01 bits per heavy atom. The van der Waals surface area contributed by atoms with E-state index in [1.165, 1.54) is 39.8 Å². The molecular formula is C96H122O29. The van der Waals surface area contributed by atoms with Gasteiger partial charge >= 0.3 is 47.8 Å². The van der Waals surface area contributed by atoms with E-state index in [0.29, 0.717) is 16.7 Å². The molecule has 9 fully saturated rings. The van der Waals surface area contributed by atoms with E-state index < -0.39 is 222 Å². The molecule has 12 aliphatic rings. The molecule has 3 saturated heterocycles. The Labute approximate surface area is 727 Å². The van der Waals surface area contributed by atoms with Gasteiger partial charge in [-0.1, -0.05) is 142 Å². The number of hydrogen-bond donors (Lipinski definition) is 7. The number of esters is 8. The molecule has 0 radical (unpaired) electrons. The third-order valence-electron chi connectivity index (χ3n) is 31.9. The van der Waals surface area contributed by atoms with Crippen molar-refractivity contribution < 1.29 is 141 Å². The number of fused-ring (bicyclic) bond motifs is 15. The summed E-state index contributed by atoms with van der Waals surface area (Å²) in [6.07, 6.45) is -14.4. The summed E-state index contributed by atoms with van der Waals surface area (Å²) in [5.41, 5.74) is -14.7. The normalized spacial score (nSPS) is 40.6. The highest BCUT2D eigenvalue weighted by Gasteiger charge is 2.82. The van der Waals surface area contributed by atoms with Crippen LogP contribution in [-0.2, 0) is 90.5 Å². The molecule has 7 N–H and O–H groups in total. The Morgan fingerprint density at radius 2 is 0.696 bits per heavy atom. The Bertz CT molecular complexity index is 4720. The summed E-state index contributed by atoms with van der Waals surface area (Å²) in [5.74, 6) is -11.8. The SMILES string of the molecule is CC(=O)O[C@@]12CO[C@@H]1C[C@H](O)[C@@]1(C)C(=O)[C@H](O)C3=C(C)[C@@H](O)C[C@@](O)([C@@H](OC(=O)c4ccccc4)[C@H]21)C3(C)C.CCC(=O)O[C@H]1C[C@H]2OC[C@@]2(OC(C)=O)[C@H]2[C@H](OC(=O)c3ccccc3)[C@]3(O)C[C@H](C)C(C)=C([C@@H](C)C(=O)[C@]12C)C3(C)C.CCC(=O)O[C@H]1C[C@H]2OC[C@@]2(OC(C)=O)[C@H]2[C@H](OC(=O)c3ccccc3)[C@]3(O)C[C@H](O)C(C)=C([C@@H](C)C(=O)[C@]12C)C3(C)C. The van der Waals surface area contributed by atoms with Crippen LogP contribution >= 0.6 is 0 Å². The van der Waals surface area contributed by atoms with E-state index in [2.05, 4.69) is 0 Å². The lowest BCUT2D eigenvalue weighted by Crippen LogP contribution is -2.81. The zero-order valence-electron chi connectivity index (χ0n) is 74.9. The highest BCUT2D eigenvalue weighted by Crippen LogP contribution is 2.70. The molecule has 0 unspecified atom stereocenters. The minimum Gasteiger partial charge on any atom is -0.461 e. The Kier molecular flexibility index (Phi) is 24.6. The summed E-state index contributed by atoms with van der Waals surface area (Å²) >= 11 is 0. The van der Waals surface area contributed by atoms with E-state index in [9.17, 15) is 83.7 Å². The lowest BCUT2D eigenvalue weighted by Gasteiger charge is -2.68. The standard InChI is InChI=1S/C34H44O9.C33H42O10.C29H36O10/c1-9-25(36)41-23-15-24-33(17-40-24,43-21(5)35)27-29(42-30(38)22-13-11-10-12-14-22)34(39)16-18(2)19(3)26(31(34,6)7)20(4)28(37)32(23,27)8;1-8-24(36)41-22-14-23-32(16-40-23,43-19(4)34)26-28(42-29(38)20-12-10-9-11-13-20)33(39)15-21(35)17(2)25(30(33,5)6)18(3)27(37)31(22,26)7;1-14-17(31)12-29(36)24(38-25(35)16-9-7-6-8-10-16)22-27(5,23(34)21(33)20(14)26(29,3)4)18(32)11-19-28(22,13-37-19)39-15(2)30/h10-14,18,20,23-24,27,29,39H,9,15-17H2,1-8H3;9-13,18,21-23,26,28,35,39H,8,14-16H2,1-7H3;6-10,17-19,21-22,24,31-33,36H,11-13H2,1-5H3/t18-,20+,23-,24+,27-,29-,32+,33-,34+;18-,21+,22+,23-,26+,28+,31-,32+,33-;17-,18-,19+,21+,22-,24-,27+,28-,29+/m010/s1. The molecule has 0 amide bonds. The summed E-state index contributed by atoms with van der Waals surface area (Å²) in [5, 5.41) is 84.1. The van der Waals surface area contributed by atoms with Gasteiger partial charge in [0.15, 0.2) is 22.6 Å². The highest BCUT2D eigenvalue weighted by molar-refractivity contribution is 5.96. The van der Waals surface area contributed by atoms with Crippen LogP contribution in [-0.4, -0.2) is 228 Å². The lowest BCUT2D eigenvalue weighted by atomic mass is 9.43. The first-order chi connectivity index (χ1) is 58.2. The van der Waals surface area contributed by atoms with Gasteiger partial charge in [-0.3, -0.25) is 38.4 Å². The van der Waals surface area contributed by atoms with E-state index in [-0.39, 0.29) is 111 Å². The smallest absolute Gasteiger partial charge is 0.338 e. The van der Waals surface area contributed by atoms with Gasteiger partial charge in [0.1, 0.15) is 83.3 Å². The van der Waals surface area contributed by atoms with E-state index in [4.69, 9.17) is 52.1 Å². The van der Waals surface area contributed by atoms with Gasteiger partial charge in [0, 0.05) is 93.8 Å². The van der Waals surface area contributed by atoms with E-state index in [0.717, 1.165) is 11.1 Å². The lowest BCUT2D eigenvalue weighted by molar-refractivity contribution is -0.346. The fourth-order valence-corrected chi connectivity index (χ4v) is 25.0. The molecule has 0 aromatic heterocycles. The average Bonchev–Trinajstić information content (AvgIpc) is 0.676. The number of carbonyl (C=O) groups excluding carboxylic acids is 11. The Hall–Kier alpha value is -8.75. The molecule has 3 aromatic carbocycles. The fraction of sp³-hybridized carbons (Fsp3) is 0.635. The van der Waals surface area contributed by atoms with Crippen LogP contribution in [0.2, 0.25) is 0 Å². The second-order valence-electron chi connectivity index (χ2n) is 39.2. The van der Waals surface area contributed by atoms with E-state index >= 15 is 4.79 Å². The van der Waals surface area contributed by atoms with Crippen molar-refractivity contribution in [3.63, 3.8) is 0 Å². The van der Waals surface area contributed by atoms with Crippen molar-refractivity contribution in [1.82, 2.24) is 0 Å².